The van der Waals surface area contributed by atoms with Crippen LogP contribution in [0.25, 0.3) is 0 Å². The van der Waals surface area contributed by atoms with Gasteiger partial charge >= 0.3 is 12.3 Å². The van der Waals surface area contributed by atoms with Gasteiger partial charge in [0.15, 0.2) is 0 Å². The van der Waals surface area contributed by atoms with E-state index in [-0.39, 0.29) is 5.56 Å². The van der Waals surface area contributed by atoms with Crippen molar-refractivity contribution in [2.75, 3.05) is 0 Å². The topological polar surface area (TPSA) is 9.23 Å². The Morgan fingerprint density at radius 3 is 2.47 bits per heavy atom. The second-order valence-corrected chi connectivity index (χ2v) is 4.77. The summed E-state index contributed by atoms with van der Waals surface area (Å²) in [5.41, 5.74) is 1.82. The van der Waals surface area contributed by atoms with Crippen LogP contribution in [-0.2, 0) is 18.0 Å². The monoisotopic (exact) mass is 312 g/mol. The highest BCUT2D eigenvalue weighted by atomic mass is 79.9. The Kier molecular flexibility index (Phi) is 3.45. The number of ether oxygens (including phenoxy) is 1. The first-order chi connectivity index (χ1) is 7.93. The summed E-state index contributed by atoms with van der Waals surface area (Å²) in [6, 6.07) is 4.54. The predicted octanol–water partition coefficient (Wildman–Crippen LogP) is 4.05. The van der Waals surface area contributed by atoms with Gasteiger partial charge in [-0.1, -0.05) is 34.1 Å². The van der Waals surface area contributed by atoms with E-state index in [0.717, 1.165) is 11.1 Å². The Balaban J connectivity index is 2.29. The lowest BCUT2D eigenvalue weighted by molar-refractivity contribution is -0.127. The number of hydrogen-bond donors (Lipinski definition) is 0. The van der Waals surface area contributed by atoms with Crippen LogP contribution in [0.15, 0.2) is 18.2 Å². The van der Waals surface area contributed by atoms with Gasteiger partial charge in [-0.25, -0.2) is 8.78 Å². The van der Waals surface area contributed by atoms with Crippen LogP contribution in [0.4, 0.5) is 17.6 Å². The fourth-order valence-electron chi connectivity index (χ4n) is 1.68. The summed E-state index contributed by atoms with van der Waals surface area (Å²) in [5, 5.41) is 0. The van der Waals surface area contributed by atoms with Crippen LogP contribution in [0, 0.1) is 0 Å². The van der Waals surface area contributed by atoms with Gasteiger partial charge in [0, 0.05) is 0 Å². The minimum atomic E-state index is -4.09. The quantitative estimate of drug-likeness (QED) is 0.604. The summed E-state index contributed by atoms with van der Waals surface area (Å²) < 4.78 is 55.9. The van der Waals surface area contributed by atoms with E-state index in [9.17, 15) is 17.6 Å². The van der Waals surface area contributed by atoms with E-state index in [1.54, 1.807) is 6.07 Å². The molecule has 0 saturated heterocycles. The van der Waals surface area contributed by atoms with Crippen molar-refractivity contribution >= 4 is 15.9 Å². The number of fused-ring (bicyclic) bond motifs is 1. The van der Waals surface area contributed by atoms with E-state index >= 15 is 0 Å². The summed E-state index contributed by atoms with van der Waals surface area (Å²) in [4.78, 5) is -1.69. The van der Waals surface area contributed by atoms with Gasteiger partial charge in [0.2, 0.25) is 0 Å². The number of benzene rings is 1. The molecule has 6 heteroatoms. The summed E-state index contributed by atoms with van der Waals surface area (Å²) in [6.07, 6.45) is -3.70. The first-order valence-electron chi connectivity index (χ1n) is 4.92. The molecule has 17 heavy (non-hydrogen) atoms. The van der Waals surface area contributed by atoms with E-state index in [4.69, 9.17) is 4.74 Å². The summed E-state index contributed by atoms with van der Waals surface area (Å²) in [5.74, 6) is -4.09. The van der Waals surface area contributed by atoms with Gasteiger partial charge in [0.25, 0.3) is 0 Å². The number of alkyl halides is 5. The van der Waals surface area contributed by atoms with Gasteiger partial charge < -0.3 is 4.74 Å². The van der Waals surface area contributed by atoms with E-state index in [1.807, 2.05) is 0 Å². The number of rotatable bonds is 3. The Morgan fingerprint density at radius 2 is 1.82 bits per heavy atom. The normalized spacial score (nSPS) is 17.3. The fourth-order valence-corrected chi connectivity index (χ4v) is 2.17. The molecule has 0 bridgehead atoms. The largest absolute Gasteiger partial charge is 0.372 e. The third kappa shape index (κ3) is 2.33. The fraction of sp³-hybridized carbons (Fsp3) is 0.455. The van der Waals surface area contributed by atoms with Crippen molar-refractivity contribution < 1.29 is 22.3 Å². The Morgan fingerprint density at radius 1 is 1.18 bits per heavy atom. The maximum absolute atomic E-state index is 13.1. The molecule has 1 atom stereocenters. The molecule has 2 rings (SSSR count). The smallest absolute Gasteiger partial charge is 0.323 e. The molecule has 1 aromatic rings. The third-order valence-corrected chi connectivity index (χ3v) is 3.81. The molecule has 0 spiro atoms. The molecule has 1 unspecified atom stereocenters. The van der Waals surface area contributed by atoms with Crippen LogP contribution < -0.4 is 0 Å². The molecule has 1 heterocycles. The minimum Gasteiger partial charge on any atom is -0.372 e. The molecule has 1 aromatic carbocycles. The zero-order chi connectivity index (χ0) is 12.6. The number of hydrogen-bond acceptors (Lipinski definition) is 1. The van der Waals surface area contributed by atoms with Crippen molar-refractivity contribution in [2.45, 2.75) is 30.4 Å². The second-order valence-electron chi connectivity index (χ2n) is 3.86. The van der Waals surface area contributed by atoms with E-state index in [0.29, 0.717) is 13.2 Å². The van der Waals surface area contributed by atoms with Crippen LogP contribution in [-0.4, -0.2) is 12.3 Å². The molecule has 1 aliphatic heterocycles. The standard InChI is InChI=1S/C11H9BrF4O/c12-9(11(15,16)10(13)14)6-1-2-7-4-17-5-8(7)3-6/h1-3,9-10H,4-5H2. The molecule has 0 amide bonds. The van der Waals surface area contributed by atoms with Crippen LogP contribution in [0.2, 0.25) is 0 Å². The lowest BCUT2D eigenvalue weighted by atomic mass is 10.0. The second kappa shape index (κ2) is 4.57. The maximum Gasteiger partial charge on any atom is 0.323 e. The van der Waals surface area contributed by atoms with Crippen molar-refractivity contribution in [3.63, 3.8) is 0 Å². The highest BCUT2D eigenvalue weighted by molar-refractivity contribution is 9.09. The van der Waals surface area contributed by atoms with Crippen molar-refractivity contribution in [1.29, 1.82) is 0 Å². The minimum absolute atomic E-state index is 0.138. The van der Waals surface area contributed by atoms with Crippen LogP contribution in [0.3, 0.4) is 0 Å². The van der Waals surface area contributed by atoms with E-state index in [2.05, 4.69) is 15.9 Å². The van der Waals surface area contributed by atoms with Gasteiger partial charge in [-0.3, -0.25) is 0 Å². The van der Waals surface area contributed by atoms with Crippen LogP contribution >= 0.6 is 15.9 Å². The van der Waals surface area contributed by atoms with Gasteiger partial charge in [0.1, 0.15) is 4.83 Å². The Bertz CT molecular complexity index is 422. The van der Waals surface area contributed by atoms with Crippen molar-refractivity contribution in [2.24, 2.45) is 0 Å². The molecule has 0 radical (unpaired) electrons. The van der Waals surface area contributed by atoms with Gasteiger partial charge in [0.05, 0.1) is 13.2 Å². The molecular formula is C11H9BrF4O. The average Bonchev–Trinajstić information content (AvgIpc) is 2.74. The first kappa shape index (κ1) is 12.8. The molecule has 0 aliphatic carbocycles. The molecule has 94 valence electrons. The predicted molar refractivity (Wildman–Crippen MR) is 57.6 cm³/mol. The molecule has 0 N–H and O–H groups in total. The Labute approximate surface area is 104 Å². The van der Waals surface area contributed by atoms with E-state index in [1.165, 1.54) is 12.1 Å². The maximum atomic E-state index is 13.1. The molecule has 0 aromatic heterocycles. The molecule has 0 saturated carbocycles. The van der Waals surface area contributed by atoms with Crippen molar-refractivity contribution in [1.82, 2.24) is 0 Å². The zero-order valence-electron chi connectivity index (χ0n) is 8.60. The first-order valence-corrected chi connectivity index (χ1v) is 5.84. The van der Waals surface area contributed by atoms with Crippen LogP contribution in [0.1, 0.15) is 21.5 Å². The summed E-state index contributed by atoms with van der Waals surface area (Å²) >= 11 is 2.65. The molecular weight excluding hydrogens is 304 g/mol. The molecule has 1 nitrogen and oxygen atoms in total. The Hall–Kier alpha value is -0.620. The van der Waals surface area contributed by atoms with Crippen molar-refractivity contribution in [3.8, 4) is 0 Å². The highest BCUT2D eigenvalue weighted by Crippen LogP contribution is 2.43. The van der Waals surface area contributed by atoms with Crippen molar-refractivity contribution in [3.05, 3.63) is 34.9 Å². The zero-order valence-corrected chi connectivity index (χ0v) is 10.2. The van der Waals surface area contributed by atoms with Gasteiger partial charge in [-0.05, 0) is 16.7 Å². The molecule has 0 fully saturated rings. The van der Waals surface area contributed by atoms with E-state index < -0.39 is 17.2 Å². The van der Waals surface area contributed by atoms with Gasteiger partial charge in [-0.2, -0.15) is 8.78 Å². The summed E-state index contributed by atoms with van der Waals surface area (Å²) in [7, 11) is 0. The lowest BCUT2D eigenvalue weighted by Gasteiger charge is -2.22. The molecule has 1 aliphatic rings. The van der Waals surface area contributed by atoms with Crippen LogP contribution in [0.5, 0.6) is 0 Å². The average molecular weight is 313 g/mol. The SMILES string of the molecule is FC(F)C(F)(F)C(Br)c1ccc2c(c1)COC2. The number of halogens is 5. The van der Waals surface area contributed by atoms with Gasteiger partial charge in [-0.15, -0.1) is 0 Å². The highest BCUT2D eigenvalue weighted by Gasteiger charge is 2.48. The third-order valence-electron chi connectivity index (χ3n) is 2.67. The lowest BCUT2D eigenvalue weighted by Crippen LogP contribution is -2.31. The summed E-state index contributed by atoms with van der Waals surface area (Å²) in [6.45, 7) is 0.775.